The standard InChI is InChI=1S/C34H41NO/c1-9-25(22(2)3)21-33(24(6)7)36-32-17-15-27(23(4)5)20-31(32)34-30-16-14-26-12-10-11-13-28(26)29(30)18-19-35(34)8/h9-24,34H,1-8H3/b25-9+,33-21-. The van der Waals surface area contributed by atoms with Gasteiger partial charge in [-0.05, 0) is 76.1 Å². The molecule has 0 saturated heterocycles. The lowest BCUT2D eigenvalue weighted by molar-refractivity contribution is 0.337. The summed E-state index contributed by atoms with van der Waals surface area (Å²) in [4.78, 5) is 2.31. The van der Waals surface area contributed by atoms with Crippen LogP contribution in [0.1, 0.15) is 82.7 Å². The van der Waals surface area contributed by atoms with Crippen LogP contribution in [0.5, 0.6) is 5.75 Å². The molecular formula is C34H41NO. The van der Waals surface area contributed by atoms with Gasteiger partial charge in [-0.25, -0.2) is 0 Å². The zero-order chi connectivity index (χ0) is 26.0. The third kappa shape index (κ3) is 5.14. The molecule has 0 aromatic heterocycles. The SMILES string of the molecule is C/C=C(\C=C(/Oc1ccc(C(C)C)cc1C1c2ccc3ccccc3c2C=CN1C)C(C)C)C(C)C. The summed E-state index contributed by atoms with van der Waals surface area (Å²) >= 11 is 0. The van der Waals surface area contributed by atoms with Gasteiger partial charge in [0.05, 0.1) is 6.04 Å². The van der Waals surface area contributed by atoms with Crippen LogP contribution in [0.15, 0.2) is 84.3 Å². The molecule has 1 atom stereocenters. The molecule has 36 heavy (non-hydrogen) atoms. The van der Waals surface area contributed by atoms with Gasteiger partial charge in [-0.15, -0.1) is 0 Å². The van der Waals surface area contributed by atoms with Crippen LogP contribution in [0.25, 0.3) is 16.8 Å². The molecule has 188 valence electrons. The van der Waals surface area contributed by atoms with Gasteiger partial charge in [-0.1, -0.05) is 90.1 Å². The van der Waals surface area contributed by atoms with E-state index in [0.29, 0.717) is 11.8 Å². The van der Waals surface area contributed by atoms with Crippen LogP contribution < -0.4 is 4.74 Å². The van der Waals surface area contributed by atoms with Crippen molar-refractivity contribution in [3.05, 3.63) is 107 Å². The summed E-state index contributed by atoms with van der Waals surface area (Å²) in [5, 5.41) is 2.57. The van der Waals surface area contributed by atoms with Crippen LogP contribution in [0.3, 0.4) is 0 Å². The normalized spacial score (nSPS) is 16.4. The van der Waals surface area contributed by atoms with Crippen LogP contribution in [0.4, 0.5) is 0 Å². The van der Waals surface area contributed by atoms with E-state index in [2.05, 4.69) is 139 Å². The summed E-state index contributed by atoms with van der Waals surface area (Å²) in [6.45, 7) is 15.5. The molecule has 4 rings (SSSR count). The highest BCUT2D eigenvalue weighted by atomic mass is 16.5. The number of hydrogen-bond acceptors (Lipinski definition) is 2. The van der Waals surface area contributed by atoms with Gasteiger partial charge in [-0.2, -0.15) is 0 Å². The Kier molecular flexibility index (Phi) is 7.73. The maximum Gasteiger partial charge on any atom is 0.132 e. The first-order valence-electron chi connectivity index (χ1n) is 13.3. The molecule has 1 aliphatic rings. The summed E-state index contributed by atoms with van der Waals surface area (Å²) in [6, 6.07) is 20.0. The second-order valence-electron chi connectivity index (χ2n) is 10.9. The number of rotatable bonds is 7. The maximum atomic E-state index is 6.80. The summed E-state index contributed by atoms with van der Waals surface area (Å²) in [6.07, 6.45) is 8.89. The molecule has 0 bridgehead atoms. The highest BCUT2D eigenvalue weighted by Crippen LogP contribution is 2.43. The highest BCUT2D eigenvalue weighted by Gasteiger charge is 2.28. The van der Waals surface area contributed by atoms with E-state index in [0.717, 1.165) is 11.5 Å². The van der Waals surface area contributed by atoms with Crippen LogP contribution in [0, 0.1) is 11.8 Å². The van der Waals surface area contributed by atoms with E-state index in [9.17, 15) is 0 Å². The smallest absolute Gasteiger partial charge is 0.132 e. The topological polar surface area (TPSA) is 12.5 Å². The lowest BCUT2D eigenvalue weighted by Crippen LogP contribution is -2.24. The Morgan fingerprint density at radius 2 is 1.64 bits per heavy atom. The summed E-state index contributed by atoms with van der Waals surface area (Å²) in [5.74, 6) is 3.10. The average Bonchev–Trinajstić information content (AvgIpc) is 2.85. The molecule has 0 aliphatic carbocycles. The molecule has 1 heterocycles. The molecular weight excluding hydrogens is 438 g/mol. The molecule has 0 saturated carbocycles. The first-order valence-corrected chi connectivity index (χ1v) is 13.3. The van der Waals surface area contributed by atoms with Crippen molar-refractivity contribution in [2.45, 2.75) is 60.4 Å². The second-order valence-corrected chi connectivity index (χ2v) is 10.9. The van der Waals surface area contributed by atoms with Gasteiger partial charge in [0.25, 0.3) is 0 Å². The van der Waals surface area contributed by atoms with Crippen molar-refractivity contribution >= 4 is 16.8 Å². The monoisotopic (exact) mass is 479 g/mol. The van der Waals surface area contributed by atoms with Crippen molar-refractivity contribution in [3.8, 4) is 5.75 Å². The predicted octanol–water partition coefficient (Wildman–Crippen LogP) is 9.49. The third-order valence-corrected chi connectivity index (χ3v) is 7.28. The minimum absolute atomic E-state index is 0.0722. The minimum Gasteiger partial charge on any atom is -0.461 e. The van der Waals surface area contributed by atoms with Gasteiger partial charge in [0.15, 0.2) is 0 Å². The first kappa shape index (κ1) is 25.8. The number of fused-ring (bicyclic) bond motifs is 3. The summed E-state index contributed by atoms with van der Waals surface area (Å²) in [7, 11) is 2.17. The Morgan fingerprint density at radius 3 is 2.31 bits per heavy atom. The van der Waals surface area contributed by atoms with E-state index in [1.54, 1.807) is 0 Å². The molecule has 2 heteroatoms. The second kappa shape index (κ2) is 10.8. The van der Waals surface area contributed by atoms with Crippen molar-refractivity contribution in [1.82, 2.24) is 4.90 Å². The van der Waals surface area contributed by atoms with E-state index in [-0.39, 0.29) is 12.0 Å². The third-order valence-electron chi connectivity index (χ3n) is 7.28. The molecule has 1 aliphatic heterocycles. The molecule has 1 unspecified atom stereocenters. The molecule has 3 aromatic rings. The Balaban J connectivity index is 1.88. The predicted molar refractivity (Wildman–Crippen MR) is 155 cm³/mol. The molecule has 0 radical (unpaired) electrons. The van der Waals surface area contributed by atoms with Crippen molar-refractivity contribution in [3.63, 3.8) is 0 Å². The Morgan fingerprint density at radius 1 is 0.889 bits per heavy atom. The van der Waals surface area contributed by atoms with Gasteiger partial charge in [0.1, 0.15) is 11.5 Å². The summed E-state index contributed by atoms with van der Waals surface area (Å²) in [5.41, 5.74) is 6.45. The van der Waals surface area contributed by atoms with E-state index in [4.69, 9.17) is 4.74 Å². The zero-order valence-corrected chi connectivity index (χ0v) is 23.2. The number of nitrogens with zero attached hydrogens (tertiary/aromatic N) is 1. The number of benzene rings is 3. The van der Waals surface area contributed by atoms with Crippen molar-refractivity contribution in [2.75, 3.05) is 7.05 Å². The van der Waals surface area contributed by atoms with Crippen LogP contribution in [-0.4, -0.2) is 11.9 Å². The summed E-state index contributed by atoms with van der Waals surface area (Å²) < 4.78 is 6.80. The van der Waals surface area contributed by atoms with E-state index in [1.807, 2.05) is 0 Å². The van der Waals surface area contributed by atoms with Gasteiger partial charge in [-0.3, -0.25) is 0 Å². The number of allylic oxidation sites excluding steroid dienone is 4. The lowest BCUT2D eigenvalue weighted by Gasteiger charge is -2.34. The van der Waals surface area contributed by atoms with Gasteiger partial charge >= 0.3 is 0 Å². The Labute approximate surface area is 218 Å². The Bertz CT molecular complexity index is 1320. The van der Waals surface area contributed by atoms with Crippen molar-refractivity contribution in [2.24, 2.45) is 11.8 Å². The fraction of sp³-hybridized carbons (Fsp3) is 0.353. The quantitative estimate of drug-likeness (QED) is 0.247. The van der Waals surface area contributed by atoms with Crippen LogP contribution in [-0.2, 0) is 0 Å². The van der Waals surface area contributed by atoms with E-state index < -0.39 is 0 Å². The average molecular weight is 480 g/mol. The molecule has 2 nitrogen and oxygen atoms in total. The largest absolute Gasteiger partial charge is 0.461 e. The zero-order valence-electron chi connectivity index (χ0n) is 23.2. The van der Waals surface area contributed by atoms with Crippen LogP contribution >= 0.6 is 0 Å². The highest BCUT2D eigenvalue weighted by molar-refractivity contribution is 5.92. The van der Waals surface area contributed by atoms with Crippen molar-refractivity contribution in [1.29, 1.82) is 0 Å². The number of hydrogen-bond donors (Lipinski definition) is 0. The molecule has 3 aromatic carbocycles. The fourth-order valence-corrected chi connectivity index (χ4v) is 5.04. The van der Waals surface area contributed by atoms with Gasteiger partial charge < -0.3 is 9.64 Å². The molecule has 0 amide bonds. The lowest BCUT2D eigenvalue weighted by atomic mass is 9.86. The van der Waals surface area contributed by atoms with Gasteiger partial charge in [0, 0.05) is 24.7 Å². The Hall–Kier alpha value is -3.26. The molecule has 0 fully saturated rings. The van der Waals surface area contributed by atoms with Gasteiger partial charge in [0.2, 0.25) is 0 Å². The minimum atomic E-state index is 0.0722. The van der Waals surface area contributed by atoms with E-state index in [1.165, 1.54) is 38.6 Å². The van der Waals surface area contributed by atoms with Crippen LogP contribution in [0.2, 0.25) is 0 Å². The number of ether oxygens (including phenoxy) is 1. The van der Waals surface area contributed by atoms with E-state index >= 15 is 0 Å². The van der Waals surface area contributed by atoms with Crippen molar-refractivity contribution < 1.29 is 4.74 Å². The fourth-order valence-electron chi connectivity index (χ4n) is 5.04. The maximum absolute atomic E-state index is 6.80. The first-order chi connectivity index (χ1) is 17.2. The molecule has 0 spiro atoms. The molecule has 0 N–H and O–H groups in total.